The van der Waals surface area contributed by atoms with Crippen molar-refractivity contribution in [1.29, 1.82) is 0 Å². The molecule has 3 atom stereocenters. The molecule has 1 fully saturated rings. The topological polar surface area (TPSA) is 0 Å². The van der Waals surface area contributed by atoms with Crippen LogP contribution in [0.1, 0.15) is 65.2 Å². The SMILES string of the molecule is CCC(C)CCCCC12C=CC(CC1)C2. The number of hydrogen-bond donors (Lipinski definition) is 0. The van der Waals surface area contributed by atoms with E-state index in [2.05, 4.69) is 26.0 Å². The smallest absolute Gasteiger partial charge is 0.0112 e. The van der Waals surface area contributed by atoms with Crippen LogP contribution in [0.3, 0.4) is 0 Å². The molecule has 2 bridgehead atoms. The highest BCUT2D eigenvalue weighted by molar-refractivity contribution is 5.15. The summed E-state index contributed by atoms with van der Waals surface area (Å²) < 4.78 is 0. The lowest BCUT2D eigenvalue weighted by molar-refractivity contribution is 0.343. The van der Waals surface area contributed by atoms with Crippen molar-refractivity contribution in [2.45, 2.75) is 65.2 Å². The lowest BCUT2D eigenvalue weighted by Crippen LogP contribution is -2.11. The van der Waals surface area contributed by atoms with E-state index in [1.165, 1.54) is 51.4 Å². The van der Waals surface area contributed by atoms with Crippen LogP contribution in [0, 0.1) is 17.3 Å². The van der Waals surface area contributed by atoms with Gasteiger partial charge in [0, 0.05) is 0 Å². The van der Waals surface area contributed by atoms with Crippen LogP contribution >= 0.6 is 0 Å². The molecule has 1 saturated carbocycles. The van der Waals surface area contributed by atoms with E-state index in [0.717, 1.165) is 11.8 Å². The van der Waals surface area contributed by atoms with Gasteiger partial charge in [0.05, 0.1) is 0 Å². The Labute approximate surface area is 95.1 Å². The standard InChI is InChI=1S/C15H26/c1-3-13(2)6-4-5-9-15-10-7-14(12-15)8-11-15/h7,10,13-14H,3-6,8-9,11-12H2,1-2H3. The molecule has 3 unspecified atom stereocenters. The Morgan fingerprint density at radius 1 is 1.40 bits per heavy atom. The number of unbranched alkanes of at least 4 members (excludes halogenated alkanes) is 1. The number of fused-ring (bicyclic) bond motifs is 2. The summed E-state index contributed by atoms with van der Waals surface area (Å²) in [7, 11) is 0. The second-order valence-corrected chi connectivity index (χ2v) is 5.98. The van der Waals surface area contributed by atoms with Gasteiger partial charge in [0.1, 0.15) is 0 Å². The first-order valence-electron chi connectivity index (χ1n) is 6.93. The summed E-state index contributed by atoms with van der Waals surface area (Å²) in [5.41, 5.74) is 0.667. The van der Waals surface area contributed by atoms with E-state index in [0.29, 0.717) is 5.41 Å². The highest BCUT2D eigenvalue weighted by Crippen LogP contribution is 2.52. The maximum Gasteiger partial charge on any atom is -0.0112 e. The maximum absolute atomic E-state index is 2.55. The van der Waals surface area contributed by atoms with E-state index < -0.39 is 0 Å². The molecule has 0 heterocycles. The first-order valence-corrected chi connectivity index (χ1v) is 6.93. The molecule has 0 amide bonds. The molecule has 0 saturated heterocycles. The summed E-state index contributed by atoms with van der Waals surface area (Å²) in [6.07, 6.45) is 16.7. The quantitative estimate of drug-likeness (QED) is 0.426. The Morgan fingerprint density at radius 2 is 2.27 bits per heavy atom. The third kappa shape index (κ3) is 2.65. The van der Waals surface area contributed by atoms with Gasteiger partial charge in [0.25, 0.3) is 0 Å². The van der Waals surface area contributed by atoms with Crippen LogP contribution in [0.5, 0.6) is 0 Å². The summed E-state index contributed by atoms with van der Waals surface area (Å²) in [4.78, 5) is 0. The second kappa shape index (κ2) is 4.72. The first-order chi connectivity index (χ1) is 7.24. The average Bonchev–Trinajstić information content (AvgIpc) is 2.84. The average molecular weight is 206 g/mol. The van der Waals surface area contributed by atoms with Crippen LogP contribution in [0.2, 0.25) is 0 Å². The van der Waals surface area contributed by atoms with Crippen LogP contribution in [0.25, 0.3) is 0 Å². The van der Waals surface area contributed by atoms with E-state index in [1.807, 2.05) is 0 Å². The molecule has 0 aromatic heterocycles. The van der Waals surface area contributed by atoms with E-state index in [1.54, 1.807) is 0 Å². The summed E-state index contributed by atoms with van der Waals surface area (Å²) >= 11 is 0. The van der Waals surface area contributed by atoms with Crippen molar-refractivity contribution in [2.75, 3.05) is 0 Å². The molecule has 86 valence electrons. The number of hydrogen-bond acceptors (Lipinski definition) is 0. The fourth-order valence-corrected chi connectivity index (χ4v) is 3.34. The van der Waals surface area contributed by atoms with Crippen LogP contribution in [0.4, 0.5) is 0 Å². The van der Waals surface area contributed by atoms with Crippen molar-refractivity contribution in [3.63, 3.8) is 0 Å². The molecule has 0 radical (unpaired) electrons. The molecular formula is C15H26. The molecule has 2 aliphatic carbocycles. The van der Waals surface area contributed by atoms with Crippen molar-refractivity contribution in [3.8, 4) is 0 Å². The van der Waals surface area contributed by atoms with Gasteiger partial charge in [-0.05, 0) is 42.9 Å². The van der Waals surface area contributed by atoms with Gasteiger partial charge in [-0.15, -0.1) is 0 Å². The maximum atomic E-state index is 2.55. The zero-order chi connectivity index (χ0) is 10.7. The molecule has 2 aliphatic rings. The fraction of sp³-hybridized carbons (Fsp3) is 0.867. The molecule has 0 aromatic rings. The normalized spacial score (nSPS) is 34.9. The summed E-state index contributed by atoms with van der Waals surface area (Å²) in [5, 5.41) is 0. The van der Waals surface area contributed by atoms with Crippen molar-refractivity contribution in [2.24, 2.45) is 17.3 Å². The van der Waals surface area contributed by atoms with Gasteiger partial charge >= 0.3 is 0 Å². The minimum Gasteiger partial charge on any atom is -0.0848 e. The highest BCUT2D eigenvalue weighted by Gasteiger charge is 2.39. The largest absolute Gasteiger partial charge is 0.0848 e. The Hall–Kier alpha value is -0.260. The molecule has 0 spiro atoms. The van der Waals surface area contributed by atoms with Crippen LogP contribution in [-0.4, -0.2) is 0 Å². The Bertz CT molecular complexity index is 228. The van der Waals surface area contributed by atoms with Crippen molar-refractivity contribution >= 4 is 0 Å². The van der Waals surface area contributed by atoms with Crippen LogP contribution in [-0.2, 0) is 0 Å². The second-order valence-electron chi connectivity index (χ2n) is 5.98. The third-order valence-corrected chi connectivity index (χ3v) is 4.72. The lowest BCUT2D eigenvalue weighted by atomic mass is 9.82. The van der Waals surface area contributed by atoms with E-state index in [9.17, 15) is 0 Å². The van der Waals surface area contributed by atoms with Gasteiger partial charge in [-0.3, -0.25) is 0 Å². The molecular weight excluding hydrogens is 180 g/mol. The van der Waals surface area contributed by atoms with E-state index in [4.69, 9.17) is 0 Å². The van der Waals surface area contributed by atoms with Gasteiger partial charge in [0.2, 0.25) is 0 Å². The van der Waals surface area contributed by atoms with Crippen LogP contribution < -0.4 is 0 Å². The number of allylic oxidation sites excluding steroid dienone is 2. The molecule has 0 heteroatoms. The lowest BCUT2D eigenvalue weighted by Gasteiger charge is -2.23. The molecule has 0 aliphatic heterocycles. The van der Waals surface area contributed by atoms with Gasteiger partial charge in [-0.1, -0.05) is 51.7 Å². The van der Waals surface area contributed by atoms with Gasteiger partial charge in [0.15, 0.2) is 0 Å². The Kier molecular flexibility index (Phi) is 3.53. The van der Waals surface area contributed by atoms with E-state index >= 15 is 0 Å². The minimum absolute atomic E-state index is 0.667. The summed E-state index contributed by atoms with van der Waals surface area (Å²) in [6, 6.07) is 0. The predicted molar refractivity (Wildman–Crippen MR) is 66.8 cm³/mol. The van der Waals surface area contributed by atoms with Crippen molar-refractivity contribution < 1.29 is 0 Å². The molecule has 15 heavy (non-hydrogen) atoms. The highest BCUT2D eigenvalue weighted by atomic mass is 14.4. The summed E-state index contributed by atoms with van der Waals surface area (Å²) in [6.45, 7) is 4.70. The monoisotopic (exact) mass is 206 g/mol. The van der Waals surface area contributed by atoms with Gasteiger partial charge in [-0.2, -0.15) is 0 Å². The molecule has 0 aromatic carbocycles. The zero-order valence-corrected chi connectivity index (χ0v) is 10.5. The molecule has 0 nitrogen and oxygen atoms in total. The third-order valence-electron chi connectivity index (χ3n) is 4.72. The summed E-state index contributed by atoms with van der Waals surface area (Å²) in [5.74, 6) is 1.90. The van der Waals surface area contributed by atoms with Gasteiger partial charge in [-0.25, -0.2) is 0 Å². The minimum atomic E-state index is 0.667. The molecule has 0 N–H and O–H groups in total. The predicted octanol–water partition coefficient (Wildman–Crippen LogP) is 4.95. The van der Waals surface area contributed by atoms with E-state index in [-0.39, 0.29) is 0 Å². The van der Waals surface area contributed by atoms with Crippen molar-refractivity contribution in [3.05, 3.63) is 12.2 Å². The van der Waals surface area contributed by atoms with Crippen molar-refractivity contribution in [1.82, 2.24) is 0 Å². The zero-order valence-electron chi connectivity index (χ0n) is 10.5. The molecule has 2 rings (SSSR count). The fourth-order valence-electron chi connectivity index (χ4n) is 3.34. The van der Waals surface area contributed by atoms with Gasteiger partial charge < -0.3 is 0 Å². The first kappa shape index (κ1) is 11.2. The van der Waals surface area contributed by atoms with Crippen LogP contribution in [0.15, 0.2) is 12.2 Å². The Morgan fingerprint density at radius 3 is 2.80 bits per heavy atom. The number of rotatable bonds is 6. The Balaban J connectivity index is 1.64.